The van der Waals surface area contributed by atoms with E-state index in [2.05, 4.69) is 22.8 Å². The van der Waals surface area contributed by atoms with E-state index < -0.39 is 0 Å². The SMILES string of the molecule is CCCCCCCCCCCC(=O)NCC(=O)N/N=C\c1ccc(O)cc1. The van der Waals surface area contributed by atoms with Crippen molar-refractivity contribution < 1.29 is 14.7 Å². The highest BCUT2D eigenvalue weighted by atomic mass is 16.3. The number of amides is 2. The molecule has 0 aliphatic heterocycles. The Bertz CT molecular complexity index is 571. The summed E-state index contributed by atoms with van der Waals surface area (Å²) in [7, 11) is 0. The predicted octanol–water partition coefficient (Wildman–Crippen LogP) is 3.88. The van der Waals surface area contributed by atoms with Gasteiger partial charge < -0.3 is 10.4 Å². The van der Waals surface area contributed by atoms with E-state index in [9.17, 15) is 14.7 Å². The minimum absolute atomic E-state index is 0.0802. The Hall–Kier alpha value is -2.37. The van der Waals surface area contributed by atoms with Crippen LogP contribution in [0.2, 0.25) is 0 Å². The van der Waals surface area contributed by atoms with Gasteiger partial charge in [-0.25, -0.2) is 5.43 Å². The van der Waals surface area contributed by atoms with Crippen LogP contribution >= 0.6 is 0 Å². The summed E-state index contributed by atoms with van der Waals surface area (Å²) in [5.74, 6) is -0.299. The summed E-state index contributed by atoms with van der Waals surface area (Å²) in [6.07, 6.45) is 12.8. The number of phenolic OH excluding ortho intramolecular Hbond substituents is 1. The summed E-state index contributed by atoms with van der Waals surface area (Å²) in [5.41, 5.74) is 3.11. The molecule has 0 heterocycles. The molecule has 0 atom stereocenters. The Labute approximate surface area is 162 Å². The molecule has 6 nitrogen and oxygen atoms in total. The number of carbonyl (C=O) groups is 2. The lowest BCUT2D eigenvalue weighted by Crippen LogP contribution is -2.34. The third-order valence-electron chi connectivity index (χ3n) is 4.25. The highest BCUT2D eigenvalue weighted by Crippen LogP contribution is 2.10. The van der Waals surface area contributed by atoms with Crippen LogP contribution in [0.1, 0.15) is 76.7 Å². The normalized spacial score (nSPS) is 10.9. The monoisotopic (exact) mass is 375 g/mol. The first-order valence-electron chi connectivity index (χ1n) is 9.99. The smallest absolute Gasteiger partial charge is 0.259 e. The van der Waals surface area contributed by atoms with Crippen molar-refractivity contribution in [2.75, 3.05) is 6.54 Å². The van der Waals surface area contributed by atoms with Gasteiger partial charge in [-0.05, 0) is 36.2 Å². The van der Waals surface area contributed by atoms with Crippen LogP contribution in [0, 0.1) is 0 Å². The fourth-order valence-electron chi connectivity index (χ4n) is 2.64. The molecule has 150 valence electrons. The van der Waals surface area contributed by atoms with Crippen LogP contribution in [-0.4, -0.2) is 29.7 Å². The first-order valence-corrected chi connectivity index (χ1v) is 9.99. The number of unbranched alkanes of at least 4 members (excludes halogenated alkanes) is 8. The number of benzene rings is 1. The Kier molecular flexibility index (Phi) is 12.4. The molecular weight excluding hydrogens is 342 g/mol. The highest BCUT2D eigenvalue weighted by Gasteiger charge is 2.04. The van der Waals surface area contributed by atoms with Crippen molar-refractivity contribution in [2.24, 2.45) is 5.10 Å². The molecule has 6 heteroatoms. The van der Waals surface area contributed by atoms with Crippen LogP contribution < -0.4 is 10.7 Å². The number of carbonyl (C=O) groups excluding carboxylic acids is 2. The van der Waals surface area contributed by atoms with E-state index in [-0.39, 0.29) is 24.1 Å². The maximum absolute atomic E-state index is 11.7. The number of nitrogens with one attached hydrogen (secondary N) is 2. The van der Waals surface area contributed by atoms with Crippen molar-refractivity contribution in [1.82, 2.24) is 10.7 Å². The van der Waals surface area contributed by atoms with Gasteiger partial charge in [0.05, 0.1) is 12.8 Å². The van der Waals surface area contributed by atoms with E-state index in [0.717, 1.165) is 18.4 Å². The molecule has 0 aromatic heterocycles. The molecular formula is C21H33N3O3. The third-order valence-corrected chi connectivity index (χ3v) is 4.25. The van der Waals surface area contributed by atoms with Gasteiger partial charge in [-0.2, -0.15) is 5.10 Å². The van der Waals surface area contributed by atoms with Gasteiger partial charge in [-0.3, -0.25) is 9.59 Å². The molecule has 0 spiro atoms. The standard InChI is InChI=1S/C21H33N3O3/c1-2-3-4-5-6-7-8-9-10-11-20(26)22-17-21(27)24-23-16-18-12-14-19(25)15-13-18/h12-16,25H,2-11,17H2,1H3,(H,22,26)(H,24,27)/b23-16-. The molecule has 3 N–H and O–H groups in total. The number of hydrazone groups is 1. The van der Waals surface area contributed by atoms with E-state index in [0.29, 0.717) is 6.42 Å². The van der Waals surface area contributed by atoms with Gasteiger partial charge in [-0.1, -0.05) is 58.3 Å². The van der Waals surface area contributed by atoms with E-state index in [1.54, 1.807) is 12.1 Å². The molecule has 0 radical (unpaired) electrons. The fraction of sp³-hybridized carbons (Fsp3) is 0.571. The molecule has 0 fully saturated rings. The maximum Gasteiger partial charge on any atom is 0.259 e. The van der Waals surface area contributed by atoms with Gasteiger partial charge in [0, 0.05) is 6.42 Å². The van der Waals surface area contributed by atoms with E-state index >= 15 is 0 Å². The summed E-state index contributed by atoms with van der Waals surface area (Å²) >= 11 is 0. The van der Waals surface area contributed by atoms with Crippen LogP contribution in [0.25, 0.3) is 0 Å². The van der Waals surface area contributed by atoms with Gasteiger partial charge in [0.15, 0.2) is 0 Å². The van der Waals surface area contributed by atoms with Crippen LogP contribution in [0.5, 0.6) is 5.75 Å². The van der Waals surface area contributed by atoms with E-state index in [1.165, 1.54) is 63.3 Å². The second kappa shape index (κ2) is 14.8. The Morgan fingerprint density at radius 3 is 2.15 bits per heavy atom. The van der Waals surface area contributed by atoms with Crippen molar-refractivity contribution >= 4 is 18.0 Å². The van der Waals surface area contributed by atoms with Crippen molar-refractivity contribution in [3.8, 4) is 5.75 Å². The van der Waals surface area contributed by atoms with Crippen molar-refractivity contribution in [1.29, 1.82) is 0 Å². The molecule has 27 heavy (non-hydrogen) atoms. The molecule has 0 saturated carbocycles. The van der Waals surface area contributed by atoms with E-state index in [1.807, 2.05) is 0 Å². The zero-order valence-corrected chi connectivity index (χ0v) is 16.4. The zero-order chi connectivity index (χ0) is 19.7. The quantitative estimate of drug-likeness (QED) is 0.262. The summed E-state index contributed by atoms with van der Waals surface area (Å²) in [4.78, 5) is 23.4. The minimum atomic E-state index is -0.370. The molecule has 2 amide bonds. The largest absolute Gasteiger partial charge is 0.508 e. The van der Waals surface area contributed by atoms with Crippen molar-refractivity contribution in [3.63, 3.8) is 0 Å². The third kappa shape index (κ3) is 12.6. The second-order valence-corrected chi connectivity index (χ2v) is 6.74. The van der Waals surface area contributed by atoms with Crippen LogP contribution in [0.3, 0.4) is 0 Å². The number of aromatic hydroxyl groups is 1. The summed E-state index contributed by atoms with van der Waals surface area (Å²) in [5, 5.41) is 15.6. The number of hydrogen-bond donors (Lipinski definition) is 3. The Balaban J connectivity index is 2.00. The number of hydrogen-bond acceptors (Lipinski definition) is 4. The number of phenols is 1. The number of rotatable bonds is 14. The molecule has 0 bridgehead atoms. The molecule has 0 aliphatic rings. The Morgan fingerprint density at radius 1 is 0.926 bits per heavy atom. The van der Waals surface area contributed by atoms with Gasteiger partial charge in [0.2, 0.25) is 5.91 Å². The predicted molar refractivity (Wildman–Crippen MR) is 109 cm³/mol. The summed E-state index contributed by atoms with van der Waals surface area (Å²) < 4.78 is 0. The first-order chi connectivity index (χ1) is 13.1. The molecule has 1 rings (SSSR count). The second-order valence-electron chi connectivity index (χ2n) is 6.74. The lowest BCUT2D eigenvalue weighted by molar-refractivity contribution is -0.126. The summed E-state index contributed by atoms with van der Waals surface area (Å²) in [6, 6.07) is 6.43. The topological polar surface area (TPSA) is 90.8 Å². The fourth-order valence-corrected chi connectivity index (χ4v) is 2.64. The minimum Gasteiger partial charge on any atom is -0.508 e. The van der Waals surface area contributed by atoms with Crippen LogP contribution in [0.4, 0.5) is 0 Å². The van der Waals surface area contributed by atoms with Crippen LogP contribution in [0.15, 0.2) is 29.4 Å². The molecule has 0 aliphatic carbocycles. The molecule has 1 aromatic rings. The van der Waals surface area contributed by atoms with E-state index in [4.69, 9.17) is 0 Å². The van der Waals surface area contributed by atoms with Crippen molar-refractivity contribution in [2.45, 2.75) is 71.1 Å². The lowest BCUT2D eigenvalue weighted by atomic mass is 10.1. The van der Waals surface area contributed by atoms with Gasteiger partial charge >= 0.3 is 0 Å². The van der Waals surface area contributed by atoms with Crippen molar-refractivity contribution in [3.05, 3.63) is 29.8 Å². The van der Waals surface area contributed by atoms with Gasteiger partial charge in [0.25, 0.3) is 5.91 Å². The molecule has 0 saturated heterocycles. The van der Waals surface area contributed by atoms with Gasteiger partial charge in [0.1, 0.15) is 5.75 Å². The average Bonchev–Trinajstić information content (AvgIpc) is 2.66. The van der Waals surface area contributed by atoms with Crippen LogP contribution in [-0.2, 0) is 9.59 Å². The molecule has 0 unspecified atom stereocenters. The average molecular weight is 376 g/mol. The summed E-state index contributed by atoms with van der Waals surface area (Å²) in [6.45, 7) is 2.14. The molecule has 1 aromatic carbocycles. The van der Waals surface area contributed by atoms with Gasteiger partial charge in [-0.15, -0.1) is 0 Å². The Morgan fingerprint density at radius 2 is 1.52 bits per heavy atom. The lowest BCUT2D eigenvalue weighted by Gasteiger charge is -2.04. The number of nitrogens with zero attached hydrogens (tertiary/aromatic N) is 1. The zero-order valence-electron chi connectivity index (χ0n) is 16.4. The highest BCUT2D eigenvalue weighted by molar-refractivity contribution is 5.86. The maximum atomic E-state index is 11.7. The first kappa shape index (κ1) is 22.7.